The highest BCUT2D eigenvalue weighted by atomic mass is 35.5. The van der Waals surface area contributed by atoms with Gasteiger partial charge in [-0.25, -0.2) is 0 Å². The topological polar surface area (TPSA) is 39.4 Å². The van der Waals surface area contributed by atoms with E-state index in [-0.39, 0.29) is 43.3 Å². The molecule has 0 aliphatic heterocycles. The maximum atomic E-state index is 12.2. The van der Waals surface area contributed by atoms with Gasteiger partial charge in [0.15, 0.2) is 11.5 Å². The third-order valence-corrected chi connectivity index (χ3v) is 6.15. The van der Waals surface area contributed by atoms with Gasteiger partial charge in [0.05, 0.1) is 15.1 Å². The molecule has 1 heterocycles. The fourth-order valence-corrected chi connectivity index (χ4v) is 3.70. The number of carbonyl (C=O) groups excluding carboxylic acids is 1. The number of halogens is 5. The number of ketones is 1. The average molecular weight is 491 g/mol. The molecular weight excluding hydrogens is 477 g/mol. The third-order valence-electron chi connectivity index (χ3n) is 3.91. The number of rotatable bonds is 6. The minimum absolute atomic E-state index is 0.0212. The fourth-order valence-electron chi connectivity index (χ4n) is 2.47. The lowest BCUT2D eigenvalue weighted by molar-refractivity contribution is 0.104. The van der Waals surface area contributed by atoms with Crippen LogP contribution in [0, 0.1) is 6.92 Å². The molecule has 1 aromatic heterocycles. The van der Waals surface area contributed by atoms with Gasteiger partial charge in [-0.1, -0.05) is 81.8 Å². The summed E-state index contributed by atoms with van der Waals surface area (Å²) in [5, 5.41) is 0.272. The highest BCUT2D eigenvalue weighted by Gasteiger charge is 2.21. The molecule has 29 heavy (non-hydrogen) atoms. The van der Waals surface area contributed by atoms with Crippen LogP contribution in [0.25, 0.3) is 6.08 Å². The van der Waals surface area contributed by atoms with Gasteiger partial charge in [-0.2, -0.15) is 0 Å². The summed E-state index contributed by atoms with van der Waals surface area (Å²) < 4.78 is 11.3. The van der Waals surface area contributed by atoms with Crippen LogP contribution in [0.5, 0.6) is 5.75 Å². The lowest BCUT2D eigenvalue weighted by Gasteiger charge is -2.12. The molecule has 2 aromatic carbocycles. The molecule has 3 nitrogen and oxygen atoms in total. The van der Waals surface area contributed by atoms with E-state index in [1.165, 1.54) is 6.08 Å². The minimum Gasteiger partial charge on any atom is -0.482 e. The molecule has 3 rings (SSSR count). The predicted molar refractivity (Wildman–Crippen MR) is 119 cm³/mol. The summed E-state index contributed by atoms with van der Waals surface area (Å²) in [7, 11) is 0. The molecule has 0 atom stereocenters. The van der Waals surface area contributed by atoms with Gasteiger partial charge < -0.3 is 9.15 Å². The van der Waals surface area contributed by atoms with Crippen molar-refractivity contribution in [3.63, 3.8) is 0 Å². The Morgan fingerprint density at radius 3 is 2.28 bits per heavy atom. The SMILES string of the molecule is Cc1cccc(C(=O)/C=C/c2ccc(COc3c(Cl)c(Cl)c(Cl)c(Cl)c3Cl)o2)c1. The van der Waals surface area contributed by atoms with Crippen molar-refractivity contribution in [3.8, 4) is 5.75 Å². The molecule has 0 saturated carbocycles. The Morgan fingerprint density at radius 2 is 1.62 bits per heavy atom. The van der Waals surface area contributed by atoms with Crippen LogP contribution in [0.1, 0.15) is 27.4 Å². The van der Waals surface area contributed by atoms with Crippen molar-refractivity contribution in [1.82, 2.24) is 0 Å². The van der Waals surface area contributed by atoms with Crippen molar-refractivity contribution >= 4 is 69.9 Å². The Labute approximate surface area is 192 Å². The molecule has 0 N–H and O–H groups in total. The zero-order chi connectivity index (χ0) is 21.1. The molecule has 3 aromatic rings. The Kier molecular flexibility index (Phi) is 7.20. The van der Waals surface area contributed by atoms with E-state index in [4.69, 9.17) is 67.2 Å². The van der Waals surface area contributed by atoms with Crippen molar-refractivity contribution in [3.05, 3.63) is 90.2 Å². The predicted octanol–water partition coefficient (Wildman–Crippen LogP) is 8.33. The van der Waals surface area contributed by atoms with Crippen molar-refractivity contribution < 1.29 is 13.9 Å². The van der Waals surface area contributed by atoms with Crippen LogP contribution in [0.3, 0.4) is 0 Å². The number of carbonyl (C=O) groups is 1. The monoisotopic (exact) mass is 488 g/mol. The largest absolute Gasteiger partial charge is 0.482 e. The second-order valence-corrected chi connectivity index (χ2v) is 7.95. The van der Waals surface area contributed by atoms with Crippen LogP contribution >= 0.6 is 58.0 Å². The quantitative estimate of drug-likeness (QED) is 0.151. The van der Waals surface area contributed by atoms with E-state index in [0.717, 1.165) is 5.56 Å². The van der Waals surface area contributed by atoms with Gasteiger partial charge in [0.25, 0.3) is 0 Å². The first-order valence-corrected chi connectivity index (χ1v) is 10.2. The molecule has 0 spiro atoms. The highest BCUT2D eigenvalue weighted by Crippen LogP contribution is 2.48. The van der Waals surface area contributed by atoms with E-state index in [9.17, 15) is 4.79 Å². The Balaban J connectivity index is 1.69. The van der Waals surface area contributed by atoms with Crippen molar-refractivity contribution in [2.24, 2.45) is 0 Å². The standard InChI is InChI=1S/C21H13Cl5O3/c1-11-3-2-4-12(9-11)15(27)8-7-13-5-6-14(29-13)10-28-21-19(25)17(23)16(22)18(24)20(21)26/h2-9H,10H2,1H3/b8-7+. The van der Waals surface area contributed by atoms with Crippen LogP contribution in [0.4, 0.5) is 0 Å². The fraction of sp³-hybridized carbons (Fsp3) is 0.0952. The first-order valence-electron chi connectivity index (χ1n) is 8.30. The van der Waals surface area contributed by atoms with E-state index in [0.29, 0.717) is 17.1 Å². The maximum absolute atomic E-state index is 12.2. The number of hydrogen-bond acceptors (Lipinski definition) is 3. The molecule has 0 aliphatic carbocycles. The highest BCUT2D eigenvalue weighted by molar-refractivity contribution is 6.55. The van der Waals surface area contributed by atoms with Crippen LogP contribution in [-0.2, 0) is 6.61 Å². The maximum Gasteiger partial charge on any atom is 0.185 e. The first-order chi connectivity index (χ1) is 13.8. The molecule has 0 fully saturated rings. The second kappa shape index (κ2) is 9.46. The molecule has 150 valence electrons. The molecule has 0 saturated heterocycles. The van der Waals surface area contributed by atoms with Gasteiger partial charge in [-0.3, -0.25) is 4.79 Å². The van der Waals surface area contributed by atoms with Crippen molar-refractivity contribution in [1.29, 1.82) is 0 Å². The van der Waals surface area contributed by atoms with Crippen molar-refractivity contribution in [2.75, 3.05) is 0 Å². The van der Waals surface area contributed by atoms with Crippen LogP contribution < -0.4 is 4.74 Å². The molecule has 0 aliphatic rings. The first kappa shape index (κ1) is 22.1. The average Bonchev–Trinajstić information content (AvgIpc) is 3.17. The van der Waals surface area contributed by atoms with E-state index < -0.39 is 0 Å². The Bertz CT molecular complexity index is 1070. The summed E-state index contributed by atoms with van der Waals surface area (Å²) in [6.45, 7) is 1.95. The van der Waals surface area contributed by atoms with E-state index in [1.807, 2.05) is 25.1 Å². The van der Waals surface area contributed by atoms with Gasteiger partial charge in [0, 0.05) is 5.56 Å². The summed E-state index contributed by atoms with van der Waals surface area (Å²) >= 11 is 30.3. The van der Waals surface area contributed by atoms with Crippen LogP contribution in [0.2, 0.25) is 25.1 Å². The number of ether oxygens (including phenoxy) is 1. The molecule has 0 radical (unpaired) electrons. The second-order valence-electron chi connectivity index (χ2n) is 6.06. The summed E-state index contributed by atoms with van der Waals surface area (Å²) in [5.41, 5.74) is 1.62. The molecular formula is C21H13Cl5O3. The summed E-state index contributed by atoms with van der Waals surface area (Å²) in [5.74, 6) is 0.971. The number of benzene rings is 2. The summed E-state index contributed by atoms with van der Waals surface area (Å²) in [4.78, 5) is 12.2. The molecule has 0 bridgehead atoms. The van der Waals surface area contributed by atoms with Gasteiger partial charge in [0.2, 0.25) is 0 Å². The third kappa shape index (κ3) is 5.11. The van der Waals surface area contributed by atoms with E-state index in [2.05, 4.69) is 0 Å². The molecule has 0 unspecified atom stereocenters. The zero-order valence-corrected chi connectivity index (χ0v) is 18.7. The minimum atomic E-state index is -0.119. The van der Waals surface area contributed by atoms with Gasteiger partial charge in [0.1, 0.15) is 28.2 Å². The van der Waals surface area contributed by atoms with Crippen LogP contribution in [-0.4, -0.2) is 5.78 Å². The zero-order valence-electron chi connectivity index (χ0n) is 14.9. The van der Waals surface area contributed by atoms with Gasteiger partial charge >= 0.3 is 0 Å². The molecule has 0 amide bonds. The Morgan fingerprint density at radius 1 is 0.966 bits per heavy atom. The number of furan rings is 1. The number of hydrogen-bond donors (Lipinski definition) is 0. The smallest absolute Gasteiger partial charge is 0.185 e. The van der Waals surface area contributed by atoms with Crippen molar-refractivity contribution in [2.45, 2.75) is 13.5 Å². The van der Waals surface area contributed by atoms with Crippen LogP contribution in [0.15, 0.2) is 46.9 Å². The summed E-state index contributed by atoms with van der Waals surface area (Å²) in [6.07, 6.45) is 3.04. The normalized spacial score (nSPS) is 11.2. The van der Waals surface area contributed by atoms with Gasteiger partial charge in [-0.05, 0) is 37.3 Å². The number of allylic oxidation sites excluding steroid dienone is 1. The van der Waals surface area contributed by atoms with Gasteiger partial charge in [-0.15, -0.1) is 0 Å². The lowest BCUT2D eigenvalue weighted by Crippen LogP contribution is -1.96. The van der Waals surface area contributed by atoms with E-state index >= 15 is 0 Å². The molecule has 8 heteroatoms. The number of aryl methyl sites for hydroxylation is 1. The van der Waals surface area contributed by atoms with E-state index in [1.54, 1.807) is 24.3 Å². The summed E-state index contributed by atoms with van der Waals surface area (Å²) in [6, 6.07) is 10.8. The Hall–Kier alpha value is -1.62. The lowest BCUT2D eigenvalue weighted by atomic mass is 10.1.